The van der Waals surface area contributed by atoms with Gasteiger partial charge < -0.3 is 9.47 Å². The largest absolute Gasteiger partial charge is 0.382 e. The fraction of sp³-hybridized carbons (Fsp3) is 0.750. The van der Waals surface area contributed by atoms with Crippen LogP contribution in [0.25, 0.3) is 0 Å². The molecule has 0 saturated heterocycles. The minimum Gasteiger partial charge on any atom is -0.382 e. The van der Waals surface area contributed by atoms with E-state index in [0.717, 1.165) is 0 Å². The first kappa shape index (κ1) is 13.2. The Labute approximate surface area is 88.5 Å². The van der Waals surface area contributed by atoms with Gasteiger partial charge in [0, 0.05) is 14.2 Å². The number of hydrogen-bond acceptors (Lipinski definition) is 5. The van der Waals surface area contributed by atoms with Gasteiger partial charge in [0.15, 0.2) is 11.4 Å². The van der Waals surface area contributed by atoms with Crippen molar-refractivity contribution in [1.29, 1.82) is 5.26 Å². The average Bonchev–Trinajstić information content (AvgIpc) is 2.22. The van der Waals surface area contributed by atoms with Crippen molar-refractivity contribution in [3.63, 3.8) is 0 Å². The fourth-order valence-corrected chi connectivity index (χ4v) is 1.12. The number of hydrogen-bond donors (Lipinski definition) is 1. The minimum absolute atomic E-state index is 0.0670. The molecule has 5 nitrogen and oxygen atoms in total. The molecule has 0 amide bonds. The molecular formula is C8H15N3O2S. The highest BCUT2D eigenvalue weighted by Gasteiger charge is 2.05. The van der Waals surface area contributed by atoms with Crippen LogP contribution in [0.3, 0.4) is 0 Å². The number of nitrogens with one attached hydrogen (secondary N) is 1. The van der Waals surface area contributed by atoms with Crippen molar-refractivity contribution in [2.24, 2.45) is 4.99 Å². The van der Waals surface area contributed by atoms with E-state index in [1.165, 1.54) is 11.8 Å². The highest BCUT2D eigenvalue weighted by atomic mass is 32.2. The lowest BCUT2D eigenvalue weighted by atomic mass is 10.4. The second-order valence-electron chi connectivity index (χ2n) is 2.40. The number of rotatable bonds is 5. The molecule has 0 radical (unpaired) electrons. The predicted molar refractivity (Wildman–Crippen MR) is 57.2 cm³/mol. The zero-order chi connectivity index (χ0) is 10.8. The van der Waals surface area contributed by atoms with Crippen LogP contribution in [0.4, 0.5) is 0 Å². The number of methoxy groups -OCH3 is 2. The Morgan fingerprint density at radius 1 is 1.64 bits per heavy atom. The van der Waals surface area contributed by atoms with E-state index in [0.29, 0.717) is 18.3 Å². The molecule has 6 heteroatoms. The van der Waals surface area contributed by atoms with E-state index in [2.05, 4.69) is 10.3 Å². The van der Waals surface area contributed by atoms with Crippen LogP contribution < -0.4 is 5.32 Å². The van der Waals surface area contributed by atoms with Crippen molar-refractivity contribution in [2.75, 3.05) is 33.6 Å². The van der Waals surface area contributed by atoms with E-state index in [-0.39, 0.29) is 6.10 Å². The van der Waals surface area contributed by atoms with Gasteiger partial charge in [-0.2, -0.15) is 5.26 Å². The third-order valence-electron chi connectivity index (χ3n) is 1.48. The van der Waals surface area contributed by atoms with Gasteiger partial charge in [0.25, 0.3) is 0 Å². The summed E-state index contributed by atoms with van der Waals surface area (Å²) in [4.78, 5) is 4.16. The molecule has 0 aliphatic heterocycles. The summed E-state index contributed by atoms with van der Waals surface area (Å²) in [5, 5.41) is 11.4. The van der Waals surface area contributed by atoms with E-state index in [4.69, 9.17) is 14.7 Å². The molecule has 0 aromatic heterocycles. The molecular weight excluding hydrogens is 202 g/mol. The summed E-state index contributed by atoms with van der Waals surface area (Å²) in [5.74, 6) is 0. The van der Waals surface area contributed by atoms with Gasteiger partial charge in [-0.3, -0.25) is 10.3 Å². The Morgan fingerprint density at radius 3 is 2.79 bits per heavy atom. The Balaban J connectivity index is 4.01. The Hall–Kier alpha value is -0.770. The monoisotopic (exact) mass is 217 g/mol. The summed E-state index contributed by atoms with van der Waals surface area (Å²) in [6, 6.07) is 0. The molecule has 0 aliphatic rings. The van der Waals surface area contributed by atoms with Crippen molar-refractivity contribution >= 4 is 16.9 Å². The molecule has 0 aromatic rings. The van der Waals surface area contributed by atoms with E-state index in [1.54, 1.807) is 14.2 Å². The molecule has 1 unspecified atom stereocenters. The van der Waals surface area contributed by atoms with Crippen molar-refractivity contribution in [2.45, 2.75) is 6.10 Å². The minimum atomic E-state index is -0.0670. The van der Waals surface area contributed by atoms with Crippen LogP contribution in [0.2, 0.25) is 0 Å². The Morgan fingerprint density at radius 2 is 2.36 bits per heavy atom. The maximum absolute atomic E-state index is 8.38. The lowest BCUT2D eigenvalue weighted by Gasteiger charge is -2.11. The number of nitriles is 1. The van der Waals surface area contributed by atoms with Crippen LogP contribution in [0.5, 0.6) is 0 Å². The quantitative estimate of drug-likeness (QED) is 0.313. The van der Waals surface area contributed by atoms with Gasteiger partial charge in [-0.25, -0.2) is 0 Å². The average molecular weight is 217 g/mol. The molecule has 0 aliphatic carbocycles. The maximum Gasteiger partial charge on any atom is 0.183 e. The number of aliphatic imine (C=N–C) groups is 1. The molecule has 0 spiro atoms. The van der Waals surface area contributed by atoms with Gasteiger partial charge in [0.2, 0.25) is 0 Å². The highest BCUT2D eigenvalue weighted by Crippen LogP contribution is 1.97. The van der Waals surface area contributed by atoms with Crippen LogP contribution in [0, 0.1) is 11.5 Å². The Kier molecular flexibility index (Phi) is 8.33. The van der Waals surface area contributed by atoms with Gasteiger partial charge >= 0.3 is 0 Å². The molecule has 0 fully saturated rings. The van der Waals surface area contributed by atoms with Crippen molar-refractivity contribution in [1.82, 2.24) is 5.32 Å². The summed E-state index contributed by atoms with van der Waals surface area (Å²) in [6.07, 6.45) is 3.60. The molecule has 14 heavy (non-hydrogen) atoms. The Bertz CT molecular complexity index is 215. The molecule has 1 N–H and O–H groups in total. The first-order chi connectivity index (χ1) is 6.78. The van der Waals surface area contributed by atoms with Crippen LogP contribution in [-0.4, -0.2) is 44.9 Å². The topological polar surface area (TPSA) is 66.6 Å². The van der Waals surface area contributed by atoms with Crippen LogP contribution in [-0.2, 0) is 9.47 Å². The summed E-state index contributed by atoms with van der Waals surface area (Å²) < 4.78 is 10.0. The fourth-order valence-electron chi connectivity index (χ4n) is 0.769. The van der Waals surface area contributed by atoms with Gasteiger partial charge in [0.05, 0.1) is 19.3 Å². The van der Waals surface area contributed by atoms with Gasteiger partial charge in [-0.15, -0.1) is 0 Å². The van der Waals surface area contributed by atoms with E-state index >= 15 is 0 Å². The normalized spacial score (nSPS) is 13.4. The number of amidine groups is 1. The van der Waals surface area contributed by atoms with Gasteiger partial charge in [-0.1, -0.05) is 11.8 Å². The molecule has 1 atom stereocenters. The molecule has 0 saturated carbocycles. The van der Waals surface area contributed by atoms with Gasteiger partial charge in [-0.05, 0) is 6.26 Å². The summed E-state index contributed by atoms with van der Waals surface area (Å²) in [6.45, 7) is 0.976. The summed E-state index contributed by atoms with van der Waals surface area (Å²) in [5.41, 5.74) is 0. The third-order valence-corrected chi connectivity index (χ3v) is 2.10. The molecule has 80 valence electrons. The van der Waals surface area contributed by atoms with Crippen molar-refractivity contribution in [3.05, 3.63) is 0 Å². The second kappa shape index (κ2) is 8.81. The van der Waals surface area contributed by atoms with E-state index in [1.807, 2.05) is 12.4 Å². The van der Waals surface area contributed by atoms with Crippen LogP contribution >= 0.6 is 11.8 Å². The number of thioether (sulfide) groups is 1. The van der Waals surface area contributed by atoms with Gasteiger partial charge in [0.1, 0.15) is 0 Å². The molecule has 0 heterocycles. The lowest BCUT2D eigenvalue weighted by Crippen LogP contribution is -2.23. The van der Waals surface area contributed by atoms with Crippen LogP contribution in [0.15, 0.2) is 4.99 Å². The second-order valence-corrected chi connectivity index (χ2v) is 3.19. The molecule has 0 bridgehead atoms. The highest BCUT2D eigenvalue weighted by molar-refractivity contribution is 8.13. The van der Waals surface area contributed by atoms with Crippen LogP contribution in [0.1, 0.15) is 0 Å². The smallest absolute Gasteiger partial charge is 0.183 e. The van der Waals surface area contributed by atoms with E-state index < -0.39 is 0 Å². The maximum atomic E-state index is 8.38. The zero-order valence-corrected chi connectivity index (χ0v) is 9.43. The summed E-state index contributed by atoms with van der Waals surface area (Å²) >= 11 is 1.39. The van der Waals surface area contributed by atoms with Crippen molar-refractivity contribution < 1.29 is 9.47 Å². The first-order valence-electron chi connectivity index (χ1n) is 4.03. The lowest BCUT2D eigenvalue weighted by molar-refractivity contribution is 0.0344. The zero-order valence-electron chi connectivity index (χ0n) is 8.61. The SMILES string of the molecule is COCC(CN=C(NC#N)SC)OC. The van der Waals surface area contributed by atoms with Crippen molar-refractivity contribution in [3.8, 4) is 6.19 Å². The van der Waals surface area contributed by atoms with E-state index in [9.17, 15) is 0 Å². The number of nitrogens with zero attached hydrogens (tertiary/aromatic N) is 2. The number of ether oxygens (including phenoxy) is 2. The summed E-state index contributed by atoms with van der Waals surface area (Å²) in [7, 11) is 3.22. The first-order valence-corrected chi connectivity index (χ1v) is 5.26. The third kappa shape index (κ3) is 5.80. The molecule has 0 rings (SSSR count). The molecule has 0 aromatic carbocycles. The predicted octanol–water partition coefficient (Wildman–Crippen LogP) is 0.437. The standard InChI is InChI=1S/C8H15N3O2S/c1-12-5-7(13-2)4-10-8(14-3)11-6-9/h7H,4-5H2,1-3H3,(H,10,11).